The number of furan rings is 4. The first-order valence-electron chi connectivity index (χ1n) is 35.1. The second-order valence-electron chi connectivity index (χ2n) is 29.3. The maximum atomic E-state index is 6.45. The molecule has 0 atom stereocenters. The lowest BCUT2D eigenvalue weighted by Crippen LogP contribution is -2.11. The van der Waals surface area contributed by atoms with Crippen LogP contribution in [0, 0.1) is 0 Å². The number of anilines is 6. The molecule has 0 fully saturated rings. The van der Waals surface area contributed by atoms with Crippen LogP contribution in [0.1, 0.15) is 52.7 Å². The van der Waals surface area contributed by atoms with Crippen molar-refractivity contribution in [3.8, 4) is 34.0 Å². The number of aromatic nitrogens is 2. The van der Waals surface area contributed by atoms with E-state index in [-0.39, 0.29) is 10.8 Å². The molecule has 0 aliphatic carbocycles. The van der Waals surface area contributed by atoms with Crippen LogP contribution in [0.25, 0.3) is 154 Å². The van der Waals surface area contributed by atoms with Crippen LogP contribution in [0.5, 0.6) is 0 Å². The zero-order chi connectivity index (χ0) is 68.3. The molecule has 0 saturated heterocycles. The van der Waals surface area contributed by atoms with Crippen molar-refractivity contribution in [1.82, 2.24) is 9.13 Å². The number of para-hydroxylation sites is 4. The Labute approximate surface area is 588 Å². The molecule has 488 valence electrons. The van der Waals surface area contributed by atoms with Gasteiger partial charge in [0.15, 0.2) is 0 Å². The van der Waals surface area contributed by atoms with Crippen molar-refractivity contribution in [2.75, 3.05) is 9.80 Å². The van der Waals surface area contributed by atoms with Gasteiger partial charge in [-0.15, -0.1) is 0 Å². The van der Waals surface area contributed by atoms with Gasteiger partial charge in [-0.25, -0.2) is 0 Å². The smallest absolute Gasteiger partial charge is 0.135 e. The van der Waals surface area contributed by atoms with E-state index >= 15 is 0 Å². The first-order chi connectivity index (χ1) is 49.8. The minimum atomic E-state index is -0.0325. The third-order valence-electron chi connectivity index (χ3n) is 21.0. The summed E-state index contributed by atoms with van der Waals surface area (Å²) in [6.07, 6.45) is 0. The summed E-state index contributed by atoms with van der Waals surface area (Å²) < 4.78 is 30.7. The van der Waals surface area contributed by atoms with Gasteiger partial charge in [-0.2, -0.15) is 0 Å². The lowest BCUT2D eigenvalue weighted by Gasteiger charge is -2.26. The highest BCUT2D eigenvalue weighted by Gasteiger charge is 2.26. The number of rotatable bonds is 10. The lowest BCUT2D eigenvalue weighted by atomic mass is 9.87. The van der Waals surface area contributed by atoms with Crippen molar-refractivity contribution < 1.29 is 17.7 Å². The van der Waals surface area contributed by atoms with E-state index < -0.39 is 0 Å². The fourth-order valence-electron chi connectivity index (χ4n) is 15.9. The quantitative estimate of drug-likeness (QED) is 0.136. The van der Waals surface area contributed by atoms with Crippen molar-refractivity contribution in [2.45, 2.75) is 52.4 Å². The van der Waals surface area contributed by atoms with E-state index in [0.29, 0.717) is 0 Å². The van der Waals surface area contributed by atoms with Gasteiger partial charge in [0.2, 0.25) is 0 Å². The minimum Gasteiger partial charge on any atom is -0.456 e. The molecule has 0 bridgehead atoms. The Morgan fingerprint density at radius 1 is 0.245 bits per heavy atom. The van der Waals surface area contributed by atoms with Gasteiger partial charge in [-0.05, 0) is 215 Å². The maximum Gasteiger partial charge on any atom is 0.135 e. The zero-order valence-corrected chi connectivity index (χ0v) is 57.3. The standard InChI is InChI=1S/C94H68N4O4/c1-93(2,3)61-27-35-65(36-28-61)97-79-47-45-74-73(91(79)75-43-39-69(55-81(75)97)95(67-41-49-87-77(53-67)71-17-9-13-21-85(71)101-87)63-31-23-57(24-32-63)89-51-59-15-7-11-19-83(59)99-89)46-48-80-92(74)76-44-40-70(56-82(76)98(80)66-37-29-62(30-38-66)94(4,5)6)96(68-42-50-88-78(54-68)72-18-10-14-22-86(72)102-88)64-33-25-58(26-34-64)90-52-60-16-8-12-20-84(60)100-90/h7-56H,1-6H3. The third-order valence-corrected chi connectivity index (χ3v) is 21.0. The summed E-state index contributed by atoms with van der Waals surface area (Å²) in [7, 11) is 0. The molecule has 6 aromatic heterocycles. The molecule has 0 amide bonds. The molecule has 0 aliphatic rings. The van der Waals surface area contributed by atoms with E-state index in [1.807, 2.05) is 48.5 Å². The molecule has 20 aromatic rings. The van der Waals surface area contributed by atoms with Crippen LogP contribution in [-0.2, 0) is 10.8 Å². The van der Waals surface area contributed by atoms with Crippen LogP contribution in [0.2, 0.25) is 0 Å². The summed E-state index contributed by atoms with van der Waals surface area (Å²) in [6, 6.07) is 110. The van der Waals surface area contributed by atoms with E-state index in [4.69, 9.17) is 17.7 Å². The van der Waals surface area contributed by atoms with Crippen molar-refractivity contribution in [3.05, 3.63) is 314 Å². The second kappa shape index (κ2) is 22.4. The molecule has 8 nitrogen and oxygen atoms in total. The molecule has 0 spiro atoms. The van der Waals surface area contributed by atoms with Gasteiger partial charge in [0.05, 0.1) is 22.1 Å². The van der Waals surface area contributed by atoms with Crippen LogP contribution >= 0.6 is 0 Å². The number of fused-ring (bicyclic) bond motifs is 17. The van der Waals surface area contributed by atoms with Crippen LogP contribution < -0.4 is 9.80 Å². The number of nitrogens with zero attached hydrogens (tertiary/aromatic N) is 4. The van der Waals surface area contributed by atoms with Gasteiger partial charge in [0, 0.05) is 110 Å². The van der Waals surface area contributed by atoms with Gasteiger partial charge in [0.1, 0.15) is 45.0 Å². The normalized spacial score (nSPS) is 12.4. The van der Waals surface area contributed by atoms with Gasteiger partial charge in [-0.1, -0.05) is 163 Å². The van der Waals surface area contributed by atoms with Crippen molar-refractivity contribution in [3.63, 3.8) is 0 Å². The highest BCUT2D eigenvalue weighted by atomic mass is 16.3. The summed E-state index contributed by atoms with van der Waals surface area (Å²) in [5.41, 5.74) is 22.3. The average Bonchev–Trinajstić information content (AvgIpc) is 1.54. The van der Waals surface area contributed by atoms with Gasteiger partial charge >= 0.3 is 0 Å². The Balaban J connectivity index is 0.801. The van der Waals surface area contributed by atoms with Crippen LogP contribution in [0.3, 0.4) is 0 Å². The molecule has 20 rings (SSSR count). The van der Waals surface area contributed by atoms with E-state index in [9.17, 15) is 0 Å². The second-order valence-corrected chi connectivity index (χ2v) is 29.3. The van der Waals surface area contributed by atoms with E-state index in [2.05, 4.69) is 315 Å². The molecule has 6 heterocycles. The largest absolute Gasteiger partial charge is 0.456 e. The first kappa shape index (κ1) is 59.3. The molecule has 0 saturated carbocycles. The summed E-state index contributed by atoms with van der Waals surface area (Å²) in [5.74, 6) is 1.66. The van der Waals surface area contributed by atoms with E-state index in [0.717, 1.165) is 167 Å². The molecule has 8 heteroatoms. The fourth-order valence-corrected chi connectivity index (χ4v) is 15.9. The monoisotopic (exact) mass is 1320 g/mol. The number of hydrogen-bond donors (Lipinski definition) is 0. The van der Waals surface area contributed by atoms with Crippen molar-refractivity contribution >= 4 is 154 Å². The van der Waals surface area contributed by atoms with E-state index in [1.54, 1.807) is 0 Å². The first-order valence-corrected chi connectivity index (χ1v) is 35.1. The Bertz CT molecular complexity index is 6280. The molecule has 0 N–H and O–H groups in total. The maximum absolute atomic E-state index is 6.45. The van der Waals surface area contributed by atoms with Crippen LogP contribution in [-0.4, -0.2) is 9.13 Å². The van der Waals surface area contributed by atoms with Gasteiger partial charge < -0.3 is 36.6 Å². The highest BCUT2D eigenvalue weighted by molar-refractivity contribution is 6.30. The fraction of sp³-hybridized carbons (Fsp3) is 0.0851. The third kappa shape index (κ3) is 9.50. The van der Waals surface area contributed by atoms with E-state index in [1.165, 1.54) is 32.7 Å². The summed E-state index contributed by atoms with van der Waals surface area (Å²) in [5, 5.41) is 13.5. The Hall–Kier alpha value is -12.8. The topological polar surface area (TPSA) is 68.9 Å². The molecular weight excluding hydrogens is 1250 g/mol. The number of hydrogen-bond acceptors (Lipinski definition) is 6. The van der Waals surface area contributed by atoms with Crippen molar-refractivity contribution in [1.29, 1.82) is 0 Å². The summed E-state index contributed by atoms with van der Waals surface area (Å²) >= 11 is 0. The molecule has 14 aromatic carbocycles. The Morgan fingerprint density at radius 2 is 0.588 bits per heavy atom. The molecule has 0 unspecified atom stereocenters. The van der Waals surface area contributed by atoms with Crippen LogP contribution in [0.4, 0.5) is 34.1 Å². The molecule has 102 heavy (non-hydrogen) atoms. The van der Waals surface area contributed by atoms with Crippen LogP contribution in [0.15, 0.2) is 321 Å². The predicted octanol–water partition coefficient (Wildman–Crippen LogP) is 27.2. The highest BCUT2D eigenvalue weighted by Crippen LogP contribution is 2.49. The summed E-state index contributed by atoms with van der Waals surface area (Å²) in [4.78, 5) is 4.76. The average molecular weight is 1320 g/mol. The molecule has 0 radical (unpaired) electrons. The summed E-state index contributed by atoms with van der Waals surface area (Å²) in [6.45, 7) is 13.7. The van der Waals surface area contributed by atoms with Gasteiger partial charge in [0.25, 0.3) is 0 Å². The van der Waals surface area contributed by atoms with Gasteiger partial charge in [-0.3, -0.25) is 0 Å². The SMILES string of the molecule is CC(C)(C)c1ccc(-n2c3cc(N(c4ccc(-c5cc6ccccc6o5)cc4)c4ccc5oc6ccccc6c5c4)ccc3c3c4ccc5c(c4ccc32)c2ccc(N(c3ccc(-c4cc6ccccc6o4)cc3)c3ccc4oc6ccccc6c4c3)cc2n5-c2ccc(C(C)(C)C)cc2)cc1. The predicted molar refractivity (Wildman–Crippen MR) is 424 cm³/mol. The molecular formula is C94H68N4O4. The number of benzene rings is 14. The van der Waals surface area contributed by atoms with Crippen molar-refractivity contribution in [2.24, 2.45) is 0 Å². The Morgan fingerprint density at radius 3 is 0.990 bits per heavy atom. The minimum absolute atomic E-state index is 0.0325. The Kier molecular flexibility index (Phi) is 13.0. The molecule has 0 aliphatic heterocycles. The zero-order valence-electron chi connectivity index (χ0n) is 57.3. The lowest BCUT2D eigenvalue weighted by molar-refractivity contribution is 0.590.